The molecule has 1 unspecified atom stereocenters. The van der Waals surface area contributed by atoms with Gasteiger partial charge in [0.2, 0.25) is 15.0 Å². The van der Waals surface area contributed by atoms with Crippen molar-refractivity contribution in [3.8, 4) is 0 Å². The van der Waals surface area contributed by atoms with Gasteiger partial charge in [-0.25, -0.2) is 18.4 Å². The molecule has 2 aromatic rings. The third kappa shape index (κ3) is 2.01. The van der Waals surface area contributed by atoms with Crippen LogP contribution in [0, 0.1) is 0 Å². The number of hydrogen-bond donors (Lipinski definition) is 2. The number of sulfone groups is 1. The third-order valence-corrected chi connectivity index (χ3v) is 7.15. The standard InChI is InChI=1S/C12H12N2O4S2/c15-19(16)8-11(9-4-1-2-5-10(9)19)20(17,18)12-13-6-3-7-14-12/h1-7,11,15-16H,8H2. The number of hydrogen-bond acceptors (Lipinski definition) is 6. The lowest BCUT2D eigenvalue weighted by molar-refractivity contribution is 0.491. The molecule has 2 N–H and O–H groups in total. The quantitative estimate of drug-likeness (QED) is 0.824. The Balaban J connectivity index is 2.14. The van der Waals surface area contributed by atoms with E-state index in [1.54, 1.807) is 24.3 Å². The van der Waals surface area contributed by atoms with Crippen molar-refractivity contribution in [1.29, 1.82) is 0 Å². The van der Waals surface area contributed by atoms with Gasteiger partial charge in [0.05, 0.1) is 10.6 Å². The number of aromatic nitrogens is 2. The molecule has 0 spiro atoms. The Morgan fingerprint density at radius 2 is 1.75 bits per heavy atom. The second-order valence-electron chi connectivity index (χ2n) is 4.44. The van der Waals surface area contributed by atoms with Gasteiger partial charge >= 0.3 is 0 Å². The van der Waals surface area contributed by atoms with Crippen molar-refractivity contribution in [2.45, 2.75) is 15.3 Å². The van der Waals surface area contributed by atoms with E-state index in [-0.39, 0.29) is 10.9 Å². The number of benzene rings is 1. The van der Waals surface area contributed by atoms with Gasteiger partial charge in [-0.15, -0.1) is 0 Å². The molecular formula is C12H12N2O4S2. The molecule has 0 radical (unpaired) electrons. The van der Waals surface area contributed by atoms with E-state index < -0.39 is 25.7 Å². The summed E-state index contributed by atoms with van der Waals surface area (Å²) in [5.41, 5.74) is 0.417. The van der Waals surface area contributed by atoms with E-state index in [9.17, 15) is 17.5 Å². The Labute approximate surface area is 117 Å². The van der Waals surface area contributed by atoms with Crippen molar-refractivity contribution in [3.05, 3.63) is 48.3 Å². The first kappa shape index (κ1) is 13.5. The summed E-state index contributed by atoms with van der Waals surface area (Å²) in [4.78, 5) is 7.82. The lowest BCUT2D eigenvalue weighted by Crippen LogP contribution is -2.17. The van der Waals surface area contributed by atoms with Crippen LogP contribution < -0.4 is 0 Å². The highest BCUT2D eigenvalue weighted by Crippen LogP contribution is 2.60. The Morgan fingerprint density at radius 1 is 1.10 bits per heavy atom. The van der Waals surface area contributed by atoms with Crippen LogP contribution in [0.4, 0.5) is 0 Å². The van der Waals surface area contributed by atoms with Crippen LogP contribution in [0.1, 0.15) is 10.8 Å². The third-order valence-electron chi connectivity index (χ3n) is 3.17. The molecule has 0 aliphatic carbocycles. The van der Waals surface area contributed by atoms with Gasteiger partial charge in [0.25, 0.3) is 0 Å². The molecule has 1 aliphatic heterocycles. The molecule has 1 aliphatic rings. The predicted molar refractivity (Wildman–Crippen MR) is 74.4 cm³/mol. The Hall–Kier alpha value is -1.48. The van der Waals surface area contributed by atoms with Crippen molar-refractivity contribution < 1.29 is 17.5 Å². The Bertz CT molecular complexity index is 747. The Kier molecular flexibility index (Phi) is 3.05. The SMILES string of the molecule is O=S(=O)(c1ncccn1)C1CS(O)(O)c2ccccc21. The van der Waals surface area contributed by atoms with Crippen molar-refractivity contribution in [2.24, 2.45) is 0 Å². The molecule has 2 heterocycles. The molecule has 20 heavy (non-hydrogen) atoms. The molecule has 1 aromatic heterocycles. The van der Waals surface area contributed by atoms with Gasteiger partial charge in [-0.1, -0.05) is 18.2 Å². The maximum atomic E-state index is 12.6. The molecule has 3 rings (SSSR count). The molecule has 0 saturated heterocycles. The van der Waals surface area contributed by atoms with Gasteiger partial charge in [0.1, 0.15) is 5.25 Å². The average Bonchev–Trinajstić information content (AvgIpc) is 2.73. The fourth-order valence-electron chi connectivity index (χ4n) is 2.25. The lowest BCUT2D eigenvalue weighted by Gasteiger charge is -2.27. The molecule has 1 atom stereocenters. The van der Waals surface area contributed by atoms with Gasteiger partial charge in [-0.3, -0.25) is 9.11 Å². The summed E-state index contributed by atoms with van der Waals surface area (Å²) >= 11 is 0. The minimum Gasteiger partial charge on any atom is -0.295 e. The smallest absolute Gasteiger partial charge is 0.247 e. The molecule has 1 aromatic carbocycles. The number of fused-ring (bicyclic) bond motifs is 1. The molecule has 0 fully saturated rings. The van der Waals surface area contributed by atoms with Crippen LogP contribution >= 0.6 is 10.6 Å². The summed E-state index contributed by atoms with van der Waals surface area (Å²) in [6.07, 6.45) is 2.69. The van der Waals surface area contributed by atoms with E-state index in [1.165, 1.54) is 18.5 Å². The van der Waals surface area contributed by atoms with Crippen LogP contribution in [0.3, 0.4) is 0 Å². The number of rotatable bonds is 2. The van der Waals surface area contributed by atoms with E-state index in [0.29, 0.717) is 10.5 Å². The summed E-state index contributed by atoms with van der Waals surface area (Å²) in [5, 5.41) is -1.32. The van der Waals surface area contributed by atoms with Gasteiger partial charge in [-0.05, 0) is 17.7 Å². The fourth-order valence-corrected chi connectivity index (χ4v) is 6.49. The van der Waals surface area contributed by atoms with E-state index in [4.69, 9.17) is 0 Å². The highest BCUT2D eigenvalue weighted by atomic mass is 32.3. The summed E-state index contributed by atoms with van der Waals surface area (Å²) < 4.78 is 45.2. The second-order valence-corrected chi connectivity index (χ2v) is 8.57. The van der Waals surface area contributed by atoms with E-state index in [1.807, 2.05) is 0 Å². The first-order chi connectivity index (χ1) is 9.43. The lowest BCUT2D eigenvalue weighted by atomic mass is 10.2. The van der Waals surface area contributed by atoms with Crippen molar-refractivity contribution in [2.75, 3.05) is 5.75 Å². The maximum Gasteiger partial charge on any atom is 0.247 e. The van der Waals surface area contributed by atoms with Gasteiger partial charge in [-0.2, -0.15) is 10.6 Å². The van der Waals surface area contributed by atoms with E-state index >= 15 is 0 Å². The zero-order valence-electron chi connectivity index (χ0n) is 10.2. The highest BCUT2D eigenvalue weighted by molar-refractivity contribution is 8.25. The maximum absolute atomic E-state index is 12.6. The van der Waals surface area contributed by atoms with Gasteiger partial charge in [0, 0.05) is 12.4 Å². The van der Waals surface area contributed by atoms with Crippen LogP contribution in [-0.4, -0.2) is 33.2 Å². The Morgan fingerprint density at radius 3 is 2.45 bits per heavy atom. The van der Waals surface area contributed by atoms with E-state index in [2.05, 4.69) is 9.97 Å². The predicted octanol–water partition coefficient (Wildman–Crippen LogP) is 2.11. The zero-order valence-corrected chi connectivity index (χ0v) is 11.9. The van der Waals surface area contributed by atoms with Crippen molar-refractivity contribution in [3.63, 3.8) is 0 Å². The summed E-state index contributed by atoms with van der Waals surface area (Å²) in [6.45, 7) is 0. The largest absolute Gasteiger partial charge is 0.295 e. The van der Waals surface area contributed by atoms with Crippen molar-refractivity contribution in [1.82, 2.24) is 9.97 Å². The fraction of sp³-hybridized carbons (Fsp3) is 0.167. The van der Waals surface area contributed by atoms with Gasteiger partial charge < -0.3 is 0 Å². The first-order valence-electron chi connectivity index (χ1n) is 5.79. The summed E-state index contributed by atoms with van der Waals surface area (Å²) in [7, 11) is -6.93. The van der Waals surface area contributed by atoms with Gasteiger partial charge in [0.15, 0.2) is 0 Å². The zero-order chi connectivity index (χ0) is 14.4. The first-order valence-corrected chi connectivity index (χ1v) is 9.05. The molecule has 0 saturated carbocycles. The molecular weight excluding hydrogens is 300 g/mol. The van der Waals surface area contributed by atoms with E-state index in [0.717, 1.165) is 0 Å². The topological polar surface area (TPSA) is 100 Å². The molecule has 6 nitrogen and oxygen atoms in total. The minimum atomic E-state index is -3.84. The molecule has 8 heteroatoms. The summed E-state index contributed by atoms with van der Waals surface area (Å²) in [6, 6.07) is 8.00. The molecule has 0 bridgehead atoms. The number of nitrogens with zero attached hydrogens (tertiary/aromatic N) is 2. The summed E-state index contributed by atoms with van der Waals surface area (Å²) in [5.74, 6) is -0.243. The second kappa shape index (κ2) is 4.52. The monoisotopic (exact) mass is 312 g/mol. The van der Waals surface area contributed by atoms with Crippen LogP contribution in [0.5, 0.6) is 0 Å². The molecule has 0 amide bonds. The van der Waals surface area contributed by atoms with Crippen LogP contribution in [-0.2, 0) is 9.84 Å². The van der Waals surface area contributed by atoms with Crippen LogP contribution in [0.25, 0.3) is 0 Å². The molecule has 106 valence electrons. The average molecular weight is 312 g/mol. The normalized spacial score (nSPS) is 22.2. The van der Waals surface area contributed by atoms with Crippen molar-refractivity contribution >= 4 is 20.4 Å². The van der Waals surface area contributed by atoms with Crippen LogP contribution in [0.2, 0.25) is 0 Å². The highest BCUT2D eigenvalue weighted by Gasteiger charge is 2.43. The minimum absolute atomic E-state index is 0.243. The van der Waals surface area contributed by atoms with Crippen LogP contribution in [0.15, 0.2) is 52.8 Å².